The zero-order valence-corrected chi connectivity index (χ0v) is 11.3. The highest BCUT2D eigenvalue weighted by atomic mass is 79.9. The molecule has 1 fully saturated rings. The van der Waals surface area contributed by atoms with E-state index < -0.39 is 0 Å². The number of phenols is 1. The van der Waals surface area contributed by atoms with Crippen molar-refractivity contribution in [3.63, 3.8) is 0 Å². The van der Waals surface area contributed by atoms with Gasteiger partial charge in [-0.15, -0.1) is 0 Å². The van der Waals surface area contributed by atoms with Crippen LogP contribution in [-0.4, -0.2) is 23.4 Å². The number of hydrogen-bond donors (Lipinski definition) is 3. The Balaban J connectivity index is 1.80. The minimum atomic E-state index is 0.271. The number of aromatic hydroxyl groups is 1. The maximum atomic E-state index is 9.38. The Morgan fingerprint density at radius 3 is 2.71 bits per heavy atom. The highest BCUT2D eigenvalue weighted by Crippen LogP contribution is 2.47. The first-order valence-corrected chi connectivity index (χ1v) is 6.73. The maximum absolute atomic E-state index is 9.38. The fraction of sp³-hybridized carbons (Fsp3) is 0.538. The van der Waals surface area contributed by atoms with E-state index in [1.807, 2.05) is 12.1 Å². The van der Waals surface area contributed by atoms with E-state index in [0.717, 1.165) is 29.5 Å². The van der Waals surface area contributed by atoms with E-state index in [4.69, 9.17) is 5.11 Å². The minimum absolute atomic E-state index is 0.271. The SMILES string of the molecule is OCCC1(CNCc2ccc(O)c(Br)c2)CC1. The molecular formula is C13H18BrNO2. The summed E-state index contributed by atoms with van der Waals surface area (Å²) in [6, 6.07) is 5.54. The predicted molar refractivity (Wildman–Crippen MR) is 70.9 cm³/mol. The highest BCUT2D eigenvalue weighted by Gasteiger charge is 2.41. The van der Waals surface area contributed by atoms with Crippen LogP contribution in [0.2, 0.25) is 0 Å². The third kappa shape index (κ3) is 3.44. The molecule has 1 aliphatic rings. The zero-order chi connectivity index (χ0) is 12.3. The molecule has 0 radical (unpaired) electrons. The van der Waals surface area contributed by atoms with E-state index in [0.29, 0.717) is 5.41 Å². The van der Waals surface area contributed by atoms with E-state index in [-0.39, 0.29) is 12.4 Å². The Morgan fingerprint density at radius 1 is 1.35 bits per heavy atom. The molecule has 4 heteroatoms. The summed E-state index contributed by atoms with van der Waals surface area (Å²) in [6.45, 7) is 2.05. The highest BCUT2D eigenvalue weighted by molar-refractivity contribution is 9.10. The van der Waals surface area contributed by atoms with Crippen molar-refractivity contribution in [3.05, 3.63) is 28.2 Å². The quantitative estimate of drug-likeness (QED) is 0.756. The third-order valence-corrected chi connectivity index (χ3v) is 4.08. The number of benzene rings is 1. The van der Waals surface area contributed by atoms with Gasteiger partial charge in [0.15, 0.2) is 0 Å². The summed E-state index contributed by atoms with van der Waals surface area (Å²) < 4.78 is 0.730. The lowest BCUT2D eigenvalue weighted by Crippen LogP contribution is -2.24. The Hall–Kier alpha value is -0.580. The maximum Gasteiger partial charge on any atom is 0.129 e. The molecule has 17 heavy (non-hydrogen) atoms. The first-order valence-electron chi connectivity index (χ1n) is 5.94. The van der Waals surface area contributed by atoms with Gasteiger partial charge in [0.2, 0.25) is 0 Å². The van der Waals surface area contributed by atoms with Crippen LogP contribution in [0, 0.1) is 5.41 Å². The fourth-order valence-corrected chi connectivity index (χ4v) is 2.49. The van der Waals surface area contributed by atoms with Crippen LogP contribution in [0.5, 0.6) is 5.75 Å². The lowest BCUT2D eigenvalue weighted by Gasteiger charge is -2.14. The summed E-state index contributed by atoms with van der Waals surface area (Å²) >= 11 is 3.30. The molecular weight excluding hydrogens is 282 g/mol. The van der Waals surface area contributed by atoms with Gasteiger partial charge in [0.05, 0.1) is 4.47 Å². The molecule has 0 atom stereocenters. The summed E-state index contributed by atoms with van der Waals surface area (Å²) in [7, 11) is 0. The van der Waals surface area contributed by atoms with Crippen molar-refractivity contribution >= 4 is 15.9 Å². The van der Waals surface area contributed by atoms with Crippen molar-refractivity contribution in [1.29, 1.82) is 0 Å². The molecule has 1 aromatic rings. The summed E-state index contributed by atoms with van der Waals surface area (Å²) in [6.07, 6.45) is 3.35. The van der Waals surface area contributed by atoms with Gasteiger partial charge in [0.1, 0.15) is 5.75 Å². The van der Waals surface area contributed by atoms with Gasteiger partial charge >= 0.3 is 0 Å². The number of rotatable bonds is 6. The van der Waals surface area contributed by atoms with Crippen LogP contribution in [-0.2, 0) is 6.54 Å². The van der Waals surface area contributed by atoms with Gasteiger partial charge in [-0.05, 0) is 58.3 Å². The molecule has 0 aromatic heterocycles. The topological polar surface area (TPSA) is 52.5 Å². The molecule has 0 saturated heterocycles. The number of halogens is 1. The molecule has 3 N–H and O–H groups in total. The van der Waals surface area contributed by atoms with Gasteiger partial charge in [-0.2, -0.15) is 0 Å². The molecule has 0 unspecified atom stereocenters. The minimum Gasteiger partial charge on any atom is -0.507 e. The average Bonchev–Trinajstić information content (AvgIpc) is 3.04. The van der Waals surface area contributed by atoms with E-state index in [1.54, 1.807) is 6.07 Å². The van der Waals surface area contributed by atoms with Gasteiger partial charge in [0.25, 0.3) is 0 Å². The lowest BCUT2D eigenvalue weighted by atomic mass is 10.0. The van der Waals surface area contributed by atoms with Crippen LogP contribution in [0.25, 0.3) is 0 Å². The average molecular weight is 300 g/mol. The standard InChI is InChI=1S/C13H18BrNO2/c14-11-7-10(1-2-12(11)17)8-15-9-13(3-4-13)5-6-16/h1-2,7,15-17H,3-6,8-9H2. The van der Waals surface area contributed by atoms with Crippen molar-refractivity contribution in [3.8, 4) is 5.75 Å². The third-order valence-electron chi connectivity index (χ3n) is 3.44. The van der Waals surface area contributed by atoms with Gasteiger partial charge < -0.3 is 15.5 Å². The van der Waals surface area contributed by atoms with Crippen LogP contribution in [0.4, 0.5) is 0 Å². The summed E-state index contributed by atoms with van der Waals surface area (Å²) in [4.78, 5) is 0. The number of nitrogens with one attached hydrogen (secondary N) is 1. The first-order chi connectivity index (χ1) is 8.15. The van der Waals surface area contributed by atoms with Gasteiger partial charge in [-0.25, -0.2) is 0 Å². The first kappa shape index (κ1) is 12.9. The molecule has 0 amide bonds. The second-order valence-corrected chi connectivity index (χ2v) is 5.72. The second kappa shape index (κ2) is 5.38. The van der Waals surface area contributed by atoms with Crippen molar-refractivity contribution < 1.29 is 10.2 Å². The van der Waals surface area contributed by atoms with E-state index in [2.05, 4.69) is 21.2 Å². The number of phenolic OH excluding ortho intramolecular Hbond substituents is 1. The second-order valence-electron chi connectivity index (χ2n) is 4.86. The molecule has 1 saturated carbocycles. The van der Waals surface area contributed by atoms with Crippen LogP contribution in [0.3, 0.4) is 0 Å². The number of aliphatic hydroxyl groups excluding tert-OH is 1. The molecule has 2 rings (SSSR count). The van der Waals surface area contributed by atoms with Crippen LogP contribution < -0.4 is 5.32 Å². The normalized spacial score (nSPS) is 17.1. The Bertz CT molecular complexity index is 391. The molecule has 0 spiro atoms. The van der Waals surface area contributed by atoms with Crippen LogP contribution >= 0.6 is 15.9 Å². The smallest absolute Gasteiger partial charge is 0.129 e. The molecule has 94 valence electrons. The van der Waals surface area contributed by atoms with Crippen LogP contribution in [0.15, 0.2) is 22.7 Å². The summed E-state index contributed by atoms with van der Waals surface area (Å²) in [5, 5.41) is 21.8. The number of hydrogen-bond acceptors (Lipinski definition) is 3. The van der Waals surface area contributed by atoms with Gasteiger partial charge in [-0.1, -0.05) is 6.07 Å². The molecule has 1 aliphatic carbocycles. The monoisotopic (exact) mass is 299 g/mol. The molecule has 1 aromatic carbocycles. The van der Waals surface area contributed by atoms with Gasteiger partial charge in [-0.3, -0.25) is 0 Å². The summed E-state index contributed by atoms with van der Waals surface area (Å²) in [5.41, 5.74) is 1.50. The van der Waals surface area contributed by atoms with E-state index >= 15 is 0 Å². The van der Waals surface area contributed by atoms with Crippen molar-refractivity contribution in [1.82, 2.24) is 5.32 Å². The molecule has 3 nitrogen and oxygen atoms in total. The van der Waals surface area contributed by atoms with Gasteiger partial charge in [0, 0.05) is 19.7 Å². The van der Waals surface area contributed by atoms with Crippen molar-refractivity contribution in [2.45, 2.75) is 25.8 Å². The summed E-state index contributed by atoms with van der Waals surface area (Å²) in [5.74, 6) is 0.271. The molecule has 0 aliphatic heterocycles. The molecule has 0 heterocycles. The van der Waals surface area contributed by atoms with E-state index in [1.165, 1.54) is 12.8 Å². The predicted octanol–water partition coefficient (Wildman–Crippen LogP) is 2.41. The fourth-order valence-electron chi connectivity index (χ4n) is 2.06. The Morgan fingerprint density at radius 2 is 2.12 bits per heavy atom. The largest absolute Gasteiger partial charge is 0.507 e. The van der Waals surface area contributed by atoms with E-state index in [9.17, 15) is 5.11 Å². The Kier molecular flexibility index (Phi) is 4.07. The zero-order valence-electron chi connectivity index (χ0n) is 9.75. The molecule has 0 bridgehead atoms. The Labute approximate surface area is 110 Å². The number of aliphatic hydroxyl groups is 1. The van der Waals surface area contributed by atoms with Crippen molar-refractivity contribution in [2.75, 3.05) is 13.2 Å². The van der Waals surface area contributed by atoms with Crippen LogP contribution in [0.1, 0.15) is 24.8 Å². The lowest BCUT2D eigenvalue weighted by molar-refractivity contribution is 0.245. The van der Waals surface area contributed by atoms with Crippen molar-refractivity contribution in [2.24, 2.45) is 5.41 Å².